The molecule has 4 aromatic heterocycles. The third-order valence-corrected chi connectivity index (χ3v) is 5.40. The van der Waals surface area contributed by atoms with Crippen LogP contribution in [0.1, 0.15) is 25.7 Å². The van der Waals surface area contributed by atoms with Crippen LogP contribution in [0.25, 0.3) is 28.2 Å². The minimum absolute atomic E-state index is 0.197. The van der Waals surface area contributed by atoms with E-state index in [1.807, 2.05) is 36.7 Å². The van der Waals surface area contributed by atoms with Crippen LogP contribution in [0.4, 0.5) is 5.69 Å². The Balaban J connectivity index is 1.48. The van der Waals surface area contributed by atoms with E-state index in [0.29, 0.717) is 6.04 Å². The lowest BCUT2D eigenvalue weighted by Gasteiger charge is -2.27. The van der Waals surface area contributed by atoms with Gasteiger partial charge in [-0.15, -0.1) is 0 Å². The van der Waals surface area contributed by atoms with E-state index in [4.69, 9.17) is 4.42 Å². The van der Waals surface area contributed by atoms with Crippen LogP contribution in [-0.2, 0) is 0 Å². The molecule has 6 nitrogen and oxygen atoms in total. The lowest BCUT2D eigenvalue weighted by Crippen LogP contribution is -2.29. The van der Waals surface area contributed by atoms with Crippen LogP contribution in [0.5, 0.6) is 0 Å². The van der Waals surface area contributed by atoms with Gasteiger partial charge < -0.3 is 14.8 Å². The molecule has 28 heavy (non-hydrogen) atoms. The molecule has 4 aromatic rings. The maximum absolute atomic E-state index is 9.93. The molecule has 1 aliphatic carbocycles. The molecule has 2 atom stereocenters. The van der Waals surface area contributed by atoms with Crippen LogP contribution < -0.4 is 5.32 Å². The summed E-state index contributed by atoms with van der Waals surface area (Å²) in [7, 11) is 0. The number of aromatic nitrogens is 3. The number of hydrogen-bond donors (Lipinski definition) is 2. The van der Waals surface area contributed by atoms with Crippen LogP contribution in [0, 0.1) is 0 Å². The molecule has 0 spiro atoms. The number of aliphatic hydroxyl groups excluding tert-OH is 1. The zero-order valence-corrected chi connectivity index (χ0v) is 15.5. The van der Waals surface area contributed by atoms with E-state index >= 15 is 0 Å². The highest BCUT2D eigenvalue weighted by atomic mass is 16.3. The Bertz CT molecular complexity index is 1090. The van der Waals surface area contributed by atoms with E-state index in [1.54, 1.807) is 12.5 Å². The minimum Gasteiger partial charge on any atom is -0.472 e. The third-order valence-electron chi connectivity index (χ3n) is 5.40. The number of anilines is 1. The maximum Gasteiger partial charge on any atom is 0.137 e. The molecule has 0 saturated heterocycles. The summed E-state index contributed by atoms with van der Waals surface area (Å²) in [6, 6.07) is 10.3. The van der Waals surface area contributed by atoms with Gasteiger partial charge in [0.2, 0.25) is 0 Å². The fraction of sp³-hybridized carbons (Fsp3) is 0.273. The number of fused-ring (bicyclic) bond motifs is 1. The lowest BCUT2D eigenvalue weighted by molar-refractivity contribution is 0.124. The second kappa shape index (κ2) is 7.13. The molecule has 5 rings (SSSR count). The second-order valence-corrected chi connectivity index (χ2v) is 7.39. The Kier molecular flexibility index (Phi) is 4.33. The molecule has 142 valence electrons. The van der Waals surface area contributed by atoms with Crippen molar-refractivity contribution in [2.75, 3.05) is 5.32 Å². The smallest absolute Gasteiger partial charge is 0.137 e. The zero-order chi connectivity index (χ0) is 18.9. The van der Waals surface area contributed by atoms with Crippen molar-refractivity contribution in [1.82, 2.24) is 14.4 Å². The van der Waals surface area contributed by atoms with Gasteiger partial charge in [-0.1, -0.05) is 0 Å². The number of imidazole rings is 1. The van der Waals surface area contributed by atoms with Crippen LogP contribution in [-0.4, -0.2) is 31.6 Å². The number of hydrogen-bond acceptors (Lipinski definition) is 5. The fourth-order valence-corrected chi connectivity index (χ4v) is 3.97. The number of pyridine rings is 2. The predicted molar refractivity (Wildman–Crippen MR) is 108 cm³/mol. The zero-order valence-electron chi connectivity index (χ0n) is 15.5. The summed E-state index contributed by atoms with van der Waals surface area (Å²) in [6.07, 6.45) is 12.8. The van der Waals surface area contributed by atoms with Gasteiger partial charge in [-0.3, -0.25) is 9.38 Å². The van der Waals surface area contributed by atoms with Crippen molar-refractivity contribution in [1.29, 1.82) is 0 Å². The number of rotatable bonds is 4. The molecule has 0 amide bonds. The lowest BCUT2D eigenvalue weighted by atomic mass is 9.93. The quantitative estimate of drug-likeness (QED) is 0.555. The van der Waals surface area contributed by atoms with Gasteiger partial charge in [0.1, 0.15) is 5.65 Å². The predicted octanol–water partition coefficient (Wildman–Crippen LogP) is 4.37. The van der Waals surface area contributed by atoms with Crippen molar-refractivity contribution in [2.45, 2.75) is 37.8 Å². The van der Waals surface area contributed by atoms with E-state index in [-0.39, 0.29) is 6.10 Å². The summed E-state index contributed by atoms with van der Waals surface area (Å²) in [4.78, 5) is 8.99. The van der Waals surface area contributed by atoms with E-state index in [1.165, 1.54) is 0 Å². The molecule has 0 aromatic carbocycles. The largest absolute Gasteiger partial charge is 0.472 e. The van der Waals surface area contributed by atoms with Crippen LogP contribution >= 0.6 is 0 Å². The first-order valence-corrected chi connectivity index (χ1v) is 9.67. The number of furan rings is 1. The minimum atomic E-state index is -0.197. The first-order valence-electron chi connectivity index (χ1n) is 9.67. The standard InChI is InChI=1S/C22H22N4O2/c27-19-3-1-2-17(11-19)25-18-4-5-22-24-12-21(26(22)13-18)15-6-8-23-20(10-15)16-7-9-28-14-16/h4-10,12-14,17,19,25,27H,1-3,11H2/t17-,19-/m0/s1. The average molecular weight is 374 g/mol. The van der Waals surface area contributed by atoms with Crippen LogP contribution in [0.15, 0.2) is 65.9 Å². The van der Waals surface area contributed by atoms with Crippen molar-refractivity contribution in [3.8, 4) is 22.5 Å². The summed E-state index contributed by atoms with van der Waals surface area (Å²) < 4.78 is 7.27. The van der Waals surface area contributed by atoms with Crippen LogP contribution in [0.3, 0.4) is 0 Å². The molecule has 1 fully saturated rings. The Morgan fingerprint density at radius 2 is 2.07 bits per heavy atom. The normalized spacial score (nSPS) is 19.8. The van der Waals surface area contributed by atoms with Gasteiger partial charge in [-0.05, 0) is 56.0 Å². The summed E-state index contributed by atoms with van der Waals surface area (Å²) in [5.74, 6) is 0. The van der Waals surface area contributed by atoms with Crippen LogP contribution in [0.2, 0.25) is 0 Å². The Morgan fingerprint density at radius 3 is 2.93 bits per heavy atom. The Labute approximate surface area is 162 Å². The second-order valence-electron chi connectivity index (χ2n) is 7.39. The molecule has 0 aliphatic heterocycles. The van der Waals surface area contributed by atoms with Crippen molar-refractivity contribution in [3.63, 3.8) is 0 Å². The molecular weight excluding hydrogens is 352 g/mol. The van der Waals surface area contributed by atoms with Gasteiger partial charge in [0.05, 0.1) is 41.9 Å². The molecule has 1 aliphatic rings. The highest BCUT2D eigenvalue weighted by Gasteiger charge is 2.20. The molecule has 6 heteroatoms. The topological polar surface area (TPSA) is 75.6 Å². The highest BCUT2D eigenvalue weighted by Crippen LogP contribution is 2.27. The molecule has 0 unspecified atom stereocenters. The van der Waals surface area contributed by atoms with Crippen molar-refractivity contribution < 1.29 is 9.52 Å². The summed E-state index contributed by atoms with van der Waals surface area (Å²) in [5.41, 5.74) is 5.81. The van der Waals surface area contributed by atoms with Crippen molar-refractivity contribution in [3.05, 3.63) is 61.4 Å². The van der Waals surface area contributed by atoms with Gasteiger partial charge in [-0.25, -0.2) is 4.98 Å². The van der Waals surface area contributed by atoms with Crippen molar-refractivity contribution >= 4 is 11.3 Å². The van der Waals surface area contributed by atoms with Gasteiger partial charge in [0.15, 0.2) is 0 Å². The van der Waals surface area contributed by atoms with E-state index in [2.05, 4.69) is 31.9 Å². The molecule has 2 N–H and O–H groups in total. The Morgan fingerprint density at radius 1 is 1.11 bits per heavy atom. The number of nitrogens with zero attached hydrogens (tertiary/aromatic N) is 3. The van der Waals surface area contributed by atoms with E-state index in [0.717, 1.165) is 59.5 Å². The molecule has 1 saturated carbocycles. The molecule has 0 radical (unpaired) electrons. The average Bonchev–Trinajstić information content (AvgIpc) is 3.38. The first kappa shape index (κ1) is 17.0. The Hall–Kier alpha value is -3.12. The van der Waals surface area contributed by atoms with E-state index in [9.17, 15) is 5.11 Å². The summed E-state index contributed by atoms with van der Waals surface area (Å²) in [5, 5.41) is 13.5. The van der Waals surface area contributed by atoms with Gasteiger partial charge in [0.25, 0.3) is 0 Å². The summed E-state index contributed by atoms with van der Waals surface area (Å²) in [6.45, 7) is 0. The summed E-state index contributed by atoms with van der Waals surface area (Å²) >= 11 is 0. The molecule has 0 bridgehead atoms. The number of nitrogens with one attached hydrogen (secondary N) is 1. The monoisotopic (exact) mass is 374 g/mol. The van der Waals surface area contributed by atoms with Gasteiger partial charge >= 0.3 is 0 Å². The highest BCUT2D eigenvalue weighted by molar-refractivity contribution is 5.70. The van der Waals surface area contributed by atoms with Gasteiger partial charge in [0, 0.05) is 29.6 Å². The van der Waals surface area contributed by atoms with Crippen molar-refractivity contribution in [2.24, 2.45) is 0 Å². The SMILES string of the molecule is O[C@H]1CCC[C@H](Nc2ccc3ncc(-c4ccnc(-c5ccoc5)c4)n3c2)C1. The van der Waals surface area contributed by atoms with Gasteiger partial charge in [-0.2, -0.15) is 0 Å². The first-order chi connectivity index (χ1) is 13.8. The molecule has 4 heterocycles. The maximum atomic E-state index is 9.93. The fourth-order valence-electron chi connectivity index (χ4n) is 3.97. The van der Waals surface area contributed by atoms with E-state index < -0.39 is 0 Å². The number of aliphatic hydroxyl groups is 1. The molecular formula is C22H22N4O2. The third kappa shape index (κ3) is 3.27.